The first-order valence-corrected chi connectivity index (χ1v) is 36.4. The lowest BCUT2D eigenvalue weighted by atomic mass is 9.92. The summed E-state index contributed by atoms with van der Waals surface area (Å²) in [7, 11) is 0. The van der Waals surface area contributed by atoms with Crippen LogP contribution in [0.5, 0.6) is 0 Å². The van der Waals surface area contributed by atoms with Crippen LogP contribution >= 0.6 is 0 Å². The highest BCUT2D eigenvalue weighted by Crippen LogP contribution is 2.25. The lowest BCUT2D eigenvalue weighted by molar-refractivity contribution is -0.170. The number of esters is 4. The van der Waals surface area contributed by atoms with Gasteiger partial charge in [-0.3, -0.25) is 19.2 Å². The van der Waals surface area contributed by atoms with Crippen LogP contribution in [0.1, 0.15) is 413 Å². The highest BCUT2D eigenvalue weighted by atomic mass is 16.6. The van der Waals surface area contributed by atoms with Gasteiger partial charge in [-0.1, -0.05) is 362 Å². The molecule has 81 heavy (non-hydrogen) atoms. The van der Waals surface area contributed by atoms with Gasteiger partial charge < -0.3 is 18.9 Å². The van der Waals surface area contributed by atoms with Crippen molar-refractivity contribution in [2.75, 3.05) is 26.4 Å². The van der Waals surface area contributed by atoms with Crippen molar-refractivity contribution >= 4 is 23.9 Å². The van der Waals surface area contributed by atoms with Crippen LogP contribution < -0.4 is 0 Å². The van der Waals surface area contributed by atoms with Gasteiger partial charge in [0.15, 0.2) is 0 Å². The molecule has 0 bridgehead atoms. The molecular weight excluding hydrogens is 1000 g/mol. The number of rotatable bonds is 68. The second-order valence-corrected chi connectivity index (χ2v) is 25.5. The Labute approximate surface area is 504 Å². The zero-order valence-electron chi connectivity index (χ0n) is 55.0. The summed E-state index contributed by atoms with van der Waals surface area (Å²) in [6, 6.07) is 0. The van der Waals surface area contributed by atoms with E-state index in [0.717, 1.165) is 77.0 Å². The van der Waals surface area contributed by atoms with Gasteiger partial charge in [-0.05, 0) is 25.7 Å². The minimum absolute atomic E-state index is 0.158. The van der Waals surface area contributed by atoms with Gasteiger partial charge in [-0.15, -0.1) is 0 Å². The van der Waals surface area contributed by atoms with E-state index >= 15 is 0 Å². The van der Waals surface area contributed by atoms with Crippen LogP contribution in [-0.2, 0) is 38.1 Å². The minimum Gasteiger partial charge on any atom is -0.465 e. The maximum atomic E-state index is 13.4. The SMILES string of the molecule is CCCCCCCCCCCCCCCCCC(=O)OCC(COC(=O)CCCCCCCCCCCCCCC)(COC(=O)CCCCCCCCCCCCCCC)COC(=O)CCCCCCCCCCCCCCCCC. The fourth-order valence-corrected chi connectivity index (χ4v) is 11.3. The Balaban J connectivity index is 5.40. The molecule has 0 radical (unpaired) electrons. The fraction of sp³-hybridized carbons (Fsp3) is 0.945. The molecule has 8 nitrogen and oxygen atoms in total. The average molecular weight is 1150 g/mol. The molecule has 0 fully saturated rings. The summed E-state index contributed by atoms with van der Waals surface area (Å²) in [5, 5.41) is 0. The van der Waals surface area contributed by atoms with Crippen LogP contribution in [-0.4, -0.2) is 50.3 Å². The standard InChI is InChI=1S/C73H140O8/c1-5-9-13-17-21-25-29-33-35-39-43-47-51-55-59-63-71(76)80-67-73(65-78-69(74)61-57-53-49-45-41-37-31-27-23-19-15-11-7-3,66-79-70(75)62-58-54-50-46-42-38-32-28-24-20-16-12-8-4)68-81-72(77)64-60-56-52-48-44-40-36-34-30-26-22-18-14-10-6-2/h5-68H2,1-4H3. The minimum atomic E-state index is -1.20. The molecule has 0 spiro atoms. The maximum absolute atomic E-state index is 13.4. The van der Waals surface area contributed by atoms with Crippen LogP contribution in [0, 0.1) is 5.41 Å². The third kappa shape index (κ3) is 60.8. The van der Waals surface area contributed by atoms with Crippen molar-refractivity contribution in [2.45, 2.75) is 413 Å². The number of hydrogen-bond acceptors (Lipinski definition) is 8. The van der Waals surface area contributed by atoms with Gasteiger partial charge in [0.2, 0.25) is 0 Å². The first-order valence-electron chi connectivity index (χ1n) is 36.4. The smallest absolute Gasteiger partial charge is 0.305 e. The van der Waals surface area contributed by atoms with E-state index in [1.54, 1.807) is 0 Å². The molecule has 0 unspecified atom stereocenters. The Hall–Kier alpha value is -2.12. The number of ether oxygens (including phenoxy) is 4. The molecule has 0 aromatic heterocycles. The van der Waals surface area contributed by atoms with Crippen LogP contribution in [0.3, 0.4) is 0 Å². The molecule has 0 rings (SSSR count). The molecule has 0 aliphatic rings. The van der Waals surface area contributed by atoms with Gasteiger partial charge in [-0.25, -0.2) is 0 Å². The Morgan fingerprint density at radius 2 is 0.296 bits per heavy atom. The first kappa shape index (κ1) is 78.9. The van der Waals surface area contributed by atoms with Gasteiger partial charge >= 0.3 is 23.9 Å². The van der Waals surface area contributed by atoms with Gasteiger partial charge in [0, 0.05) is 25.7 Å². The molecule has 0 aromatic carbocycles. The molecule has 0 aliphatic heterocycles. The van der Waals surface area contributed by atoms with E-state index < -0.39 is 5.41 Å². The zero-order valence-corrected chi connectivity index (χ0v) is 55.0. The van der Waals surface area contributed by atoms with E-state index in [9.17, 15) is 19.2 Å². The number of hydrogen-bond donors (Lipinski definition) is 0. The zero-order chi connectivity index (χ0) is 58.9. The highest BCUT2D eigenvalue weighted by Gasteiger charge is 2.38. The lowest BCUT2D eigenvalue weighted by Gasteiger charge is -2.31. The average Bonchev–Trinajstić information content (AvgIpc) is 3.48. The van der Waals surface area contributed by atoms with Crippen molar-refractivity contribution in [3.63, 3.8) is 0 Å². The largest absolute Gasteiger partial charge is 0.465 e. The summed E-state index contributed by atoms with van der Waals surface area (Å²) in [5.74, 6) is -1.30. The van der Waals surface area contributed by atoms with Crippen LogP contribution in [0.25, 0.3) is 0 Å². The molecule has 0 saturated heterocycles. The number of unbranched alkanes of at least 4 members (excludes halogenated alkanes) is 52. The van der Waals surface area contributed by atoms with Gasteiger partial charge in [0.25, 0.3) is 0 Å². The molecule has 0 saturated carbocycles. The second-order valence-electron chi connectivity index (χ2n) is 25.5. The predicted octanol–water partition coefficient (Wildman–Crippen LogP) is 23.6. The van der Waals surface area contributed by atoms with E-state index in [1.165, 1.54) is 283 Å². The molecule has 0 atom stereocenters. The van der Waals surface area contributed by atoms with E-state index in [0.29, 0.717) is 25.7 Å². The van der Waals surface area contributed by atoms with Crippen LogP contribution in [0.4, 0.5) is 0 Å². The Morgan fingerprint density at radius 3 is 0.420 bits per heavy atom. The predicted molar refractivity (Wildman–Crippen MR) is 346 cm³/mol. The Bertz CT molecular complexity index is 1220. The van der Waals surface area contributed by atoms with E-state index in [2.05, 4.69) is 27.7 Å². The maximum Gasteiger partial charge on any atom is 0.305 e. The normalized spacial score (nSPS) is 11.6. The first-order chi connectivity index (χ1) is 39.8. The van der Waals surface area contributed by atoms with Crippen molar-refractivity contribution in [3.8, 4) is 0 Å². The molecule has 0 heterocycles. The molecule has 480 valence electrons. The molecule has 0 aliphatic carbocycles. The van der Waals surface area contributed by atoms with Crippen molar-refractivity contribution in [1.29, 1.82) is 0 Å². The third-order valence-electron chi connectivity index (χ3n) is 17.1. The summed E-state index contributed by atoms with van der Waals surface area (Å²) in [6.45, 7) is 8.45. The second kappa shape index (κ2) is 65.4. The van der Waals surface area contributed by atoms with Crippen LogP contribution in [0.2, 0.25) is 0 Å². The molecular formula is C73H140O8. The van der Waals surface area contributed by atoms with Gasteiger partial charge in [-0.2, -0.15) is 0 Å². The topological polar surface area (TPSA) is 105 Å². The fourth-order valence-electron chi connectivity index (χ4n) is 11.3. The van der Waals surface area contributed by atoms with Gasteiger partial charge in [0.1, 0.15) is 31.8 Å². The number of carbonyl (C=O) groups excluding carboxylic acids is 4. The molecule has 0 aromatic rings. The molecule has 0 amide bonds. The lowest BCUT2D eigenvalue weighted by Crippen LogP contribution is -2.44. The highest BCUT2D eigenvalue weighted by molar-refractivity contribution is 5.71. The van der Waals surface area contributed by atoms with E-state index in [1.807, 2.05) is 0 Å². The molecule has 8 heteroatoms. The summed E-state index contributed by atoms with van der Waals surface area (Å²) >= 11 is 0. The number of carbonyl (C=O) groups is 4. The Morgan fingerprint density at radius 1 is 0.185 bits per heavy atom. The summed E-state index contributed by atoms with van der Waals surface area (Å²) < 4.78 is 23.9. The van der Waals surface area contributed by atoms with Gasteiger partial charge in [0.05, 0.1) is 0 Å². The third-order valence-corrected chi connectivity index (χ3v) is 17.1. The Kier molecular flexibility index (Phi) is 63.7. The van der Waals surface area contributed by atoms with Crippen molar-refractivity contribution in [2.24, 2.45) is 5.41 Å². The summed E-state index contributed by atoms with van der Waals surface area (Å²) in [4.78, 5) is 53.4. The van der Waals surface area contributed by atoms with Crippen molar-refractivity contribution < 1.29 is 38.1 Å². The summed E-state index contributed by atoms with van der Waals surface area (Å²) in [5.41, 5.74) is -1.20. The quantitative estimate of drug-likeness (QED) is 0.0337. The summed E-state index contributed by atoms with van der Waals surface area (Å²) in [6.07, 6.45) is 70.7. The van der Waals surface area contributed by atoms with Crippen LogP contribution in [0.15, 0.2) is 0 Å². The van der Waals surface area contributed by atoms with E-state index in [-0.39, 0.29) is 50.3 Å². The van der Waals surface area contributed by atoms with Crippen molar-refractivity contribution in [1.82, 2.24) is 0 Å². The monoisotopic (exact) mass is 1150 g/mol. The van der Waals surface area contributed by atoms with E-state index in [4.69, 9.17) is 18.9 Å². The van der Waals surface area contributed by atoms with Crippen molar-refractivity contribution in [3.05, 3.63) is 0 Å². The molecule has 0 N–H and O–H groups in total.